The topological polar surface area (TPSA) is 113 Å². The Morgan fingerprint density at radius 2 is 1.94 bits per heavy atom. The number of hydrogen-bond donors (Lipinski definition) is 2. The number of piperidine rings is 1. The highest BCUT2D eigenvalue weighted by molar-refractivity contribution is 7.92. The van der Waals surface area contributed by atoms with Gasteiger partial charge in [0.15, 0.2) is 11.6 Å². The number of carboxylic acid groups (broad SMARTS) is 1. The molecule has 0 aliphatic carbocycles. The van der Waals surface area contributed by atoms with Gasteiger partial charge in [-0.1, -0.05) is 0 Å². The van der Waals surface area contributed by atoms with Gasteiger partial charge in [-0.15, -0.1) is 0 Å². The predicted molar refractivity (Wildman–Crippen MR) is 112 cm³/mol. The van der Waals surface area contributed by atoms with Gasteiger partial charge in [0.05, 0.1) is 34.4 Å². The molecule has 1 fully saturated rings. The van der Waals surface area contributed by atoms with E-state index in [0.29, 0.717) is 37.2 Å². The Morgan fingerprint density at radius 3 is 2.59 bits per heavy atom. The Hall–Kier alpha value is -3.21. The van der Waals surface area contributed by atoms with Crippen LogP contribution in [0.2, 0.25) is 0 Å². The molecule has 1 saturated heterocycles. The summed E-state index contributed by atoms with van der Waals surface area (Å²) in [5.74, 6) is -4.58. The number of benzene rings is 2. The molecule has 11 heteroatoms. The first-order valence-electron chi connectivity index (χ1n) is 9.89. The maximum absolute atomic E-state index is 13.6. The van der Waals surface area contributed by atoms with Crippen molar-refractivity contribution in [3.63, 3.8) is 0 Å². The van der Waals surface area contributed by atoms with Crippen molar-refractivity contribution in [2.45, 2.75) is 24.7 Å². The number of esters is 1. The summed E-state index contributed by atoms with van der Waals surface area (Å²) in [5, 5.41) is 9.32. The minimum Gasteiger partial charge on any atom is -0.478 e. The first-order valence-corrected chi connectivity index (χ1v) is 11.4. The molecule has 0 bridgehead atoms. The van der Waals surface area contributed by atoms with Gasteiger partial charge >= 0.3 is 11.9 Å². The fraction of sp³-hybridized carbons (Fsp3) is 0.333. The lowest BCUT2D eigenvalue weighted by Gasteiger charge is -2.34. The van der Waals surface area contributed by atoms with Crippen molar-refractivity contribution in [1.82, 2.24) is 0 Å². The van der Waals surface area contributed by atoms with E-state index in [9.17, 15) is 31.9 Å². The molecule has 32 heavy (non-hydrogen) atoms. The molecule has 1 heterocycles. The maximum atomic E-state index is 13.6. The quantitative estimate of drug-likeness (QED) is 0.600. The van der Waals surface area contributed by atoms with Gasteiger partial charge < -0.3 is 14.7 Å². The minimum absolute atomic E-state index is 0.0563. The fourth-order valence-electron chi connectivity index (χ4n) is 3.52. The first kappa shape index (κ1) is 23.5. The van der Waals surface area contributed by atoms with E-state index in [0.717, 1.165) is 12.1 Å². The molecule has 1 unspecified atom stereocenters. The van der Waals surface area contributed by atoms with E-state index in [1.165, 1.54) is 12.1 Å². The lowest BCUT2D eigenvalue weighted by molar-refractivity contribution is -0.148. The number of hydrogen-bond acceptors (Lipinski definition) is 6. The van der Waals surface area contributed by atoms with E-state index in [1.54, 1.807) is 11.8 Å². The maximum Gasteiger partial charge on any atom is 0.335 e. The molecule has 2 aromatic carbocycles. The van der Waals surface area contributed by atoms with Crippen LogP contribution in [0.5, 0.6) is 0 Å². The summed E-state index contributed by atoms with van der Waals surface area (Å²) in [6.45, 7) is 2.70. The standard InChI is InChI=1S/C21H22F2N2O6S/c1-2-31-21(28)14-4-3-9-25(12-14)19-8-5-13(20(26)27)10-18(19)24-32(29,30)15-6-7-16(22)17(23)11-15/h5-8,10-11,14,24H,2-4,9,12H2,1H3,(H,26,27). The summed E-state index contributed by atoms with van der Waals surface area (Å²) < 4.78 is 59.7. The van der Waals surface area contributed by atoms with Crippen LogP contribution in [0.3, 0.4) is 0 Å². The largest absolute Gasteiger partial charge is 0.478 e. The van der Waals surface area contributed by atoms with Crippen LogP contribution in [0, 0.1) is 17.6 Å². The van der Waals surface area contributed by atoms with E-state index >= 15 is 0 Å². The molecule has 1 aliphatic heterocycles. The molecule has 1 aliphatic rings. The van der Waals surface area contributed by atoms with Gasteiger partial charge in [-0.25, -0.2) is 22.0 Å². The van der Waals surface area contributed by atoms with Crippen LogP contribution in [-0.4, -0.2) is 45.2 Å². The van der Waals surface area contributed by atoms with Crippen LogP contribution in [0.4, 0.5) is 20.2 Å². The number of nitrogens with zero attached hydrogens (tertiary/aromatic N) is 1. The average Bonchev–Trinajstić information content (AvgIpc) is 2.75. The molecule has 1 atom stereocenters. The van der Waals surface area contributed by atoms with Crippen LogP contribution in [0.1, 0.15) is 30.1 Å². The fourth-order valence-corrected chi connectivity index (χ4v) is 4.60. The number of carboxylic acids is 1. The van der Waals surface area contributed by atoms with Crippen molar-refractivity contribution < 1.29 is 36.6 Å². The number of nitrogens with one attached hydrogen (secondary N) is 1. The zero-order valence-corrected chi connectivity index (χ0v) is 18.0. The van der Waals surface area contributed by atoms with Crippen molar-refractivity contribution in [2.24, 2.45) is 5.92 Å². The predicted octanol–water partition coefficient (Wildman–Crippen LogP) is 3.24. The number of ether oxygens (including phenoxy) is 1. The highest BCUT2D eigenvalue weighted by atomic mass is 32.2. The zero-order chi connectivity index (χ0) is 23.5. The Labute approximate surface area is 183 Å². The van der Waals surface area contributed by atoms with E-state index < -0.39 is 38.4 Å². The molecule has 0 aromatic heterocycles. The number of rotatable bonds is 7. The van der Waals surface area contributed by atoms with E-state index in [1.807, 2.05) is 0 Å². The van der Waals surface area contributed by atoms with Crippen LogP contribution in [0.15, 0.2) is 41.3 Å². The molecule has 2 aromatic rings. The van der Waals surface area contributed by atoms with Crippen LogP contribution in [-0.2, 0) is 19.6 Å². The summed E-state index contributed by atoms with van der Waals surface area (Å²) in [4.78, 5) is 24.8. The molecule has 0 amide bonds. The molecule has 172 valence electrons. The number of anilines is 2. The van der Waals surface area contributed by atoms with Gasteiger partial charge in [0.2, 0.25) is 0 Å². The number of halogens is 2. The average molecular weight is 468 g/mol. The zero-order valence-electron chi connectivity index (χ0n) is 17.2. The Balaban J connectivity index is 1.97. The lowest BCUT2D eigenvalue weighted by atomic mass is 9.97. The van der Waals surface area contributed by atoms with Crippen molar-refractivity contribution in [3.8, 4) is 0 Å². The molecule has 2 N–H and O–H groups in total. The number of carbonyl (C=O) groups excluding carboxylic acids is 1. The summed E-state index contributed by atoms with van der Waals surface area (Å²) in [5.41, 5.74) is 0.130. The number of carbonyl (C=O) groups is 2. The van der Waals surface area contributed by atoms with E-state index in [2.05, 4.69) is 4.72 Å². The monoisotopic (exact) mass is 468 g/mol. The number of sulfonamides is 1. The third kappa shape index (κ3) is 5.16. The molecule has 0 saturated carbocycles. The molecular weight excluding hydrogens is 446 g/mol. The lowest BCUT2D eigenvalue weighted by Crippen LogP contribution is -2.39. The van der Waals surface area contributed by atoms with Crippen molar-refractivity contribution in [2.75, 3.05) is 29.3 Å². The third-order valence-electron chi connectivity index (χ3n) is 5.07. The second-order valence-electron chi connectivity index (χ2n) is 7.26. The summed E-state index contributed by atoms with van der Waals surface area (Å²) in [6, 6.07) is 6.03. The number of aromatic carboxylic acids is 1. The van der Waals surface area contributed by atoms with Crippen LogP contribution in [0.25, 0.3) is 0 Å². The smallest absolute Gasteiger partial charge is 0.335 e. The molecule has 0 radical (unpaired) electrons. The van der Waals surface area contributed by atoms with Crippen LogP contribution < -0.4 is 9.62 Å². The van der Waals surface area contributed by atoms with Gasteiger partial charge in [0.1, 0.15) is 0 Å². The van der Waals surface area contributed by atoms with Crippen molar-refractivity contribution in [3.05, 3.63) is 53.6 Å². The second kappa shape index (κ2) is 9.51. The molecule has 8 nitrogen and oxygen atoms in total. The normalized spacial score (nSPS) is 16.5. The second-order valence-corrected chi connectivity index (χ2v) is 8.94. The SMILES string of the molecule is CCOC(=O)C1CCCN(c2ccc(C(=O)O)cc2NS(=O)(=O)c2ccc(F)c(F)c2)C1. The summed E-state index contributed by atoms with van der Waals surface area (Å²) in [6.07, 6.45) is 1.25. The summed E-state index contributed by atoms with van der Waals surface area (Å²) >= 11 is 0. The Morgan fingerprint density at radius 1 is 1.19 bits per heavy atom. The van der Waals surface area contributed by atoms with Gasteiger partial charge in [-0.2, -0.15) is 0 Å². The Kier molecular flexibility index (Phi) is 6.97. The highest BCUT2D eigenvalue weighted by Crippen LogP contribution is 2.33. The van der Waals surface area contributed by atoms with Gasteiger partial charge in [-0.3, -0.25) is 9.52 Å². The third-order valence-corrected chi connectivity index (χ3v) is 6.43. The molecule has 3 rings (SSSR count). The minimum atomic E-state index is -4.36. The van der Waals surface area contributed by atoms with E-state index in [-0.39, 0.29) is 30.4 Å². The van der Waals surface area contributed by atoms with Crippen molar-refractivity contribution in [1.29, 1.82) is 0 Å². The Bertz CT molecular complexity index is 1140. The van der Waals surface area contributed by atoms with Gasteiger partial charge in [-0.05, 0) is 56.2 Å². The molecular formula is C21H22F2N2O6S. The summed E-state index contributed by atoms with van der Waals surface area (Å²) in [7, 11) is -4.36. The molecule has 0 spiro atoms. The van der Waals surface area contributed by atoms with E-state index in [4.69, 9.17) is 4.74 Å². The first-order chi connectivity index (χ1) is 15.1. The highest BCUT2D eigenvalue weighted by Gasteiger charge is 2.29. The van der Waals surface area contributed by atoms with Gasteiger partial charge in [0, 0.05) is 13.1 Å². The van der Waals surface area contributed by atoms with Crippen LogP contribution >= 0.6 is 0 Å². The van der Waals surface area contributed by atoms with Crippen molar-refractivity contribution >= 4 is 33.3 Å². The van der Waals surface area contributed by atoms with Gasteiger partial charge in [0.25, 0.3) is 10.0 Å².